The molecular weight excluding hydrogens is 262 g/mol. The first kappa shape index (κ1) is 14.5. The van der Waals surface area contributed by atoms with Gasteiger partial charge in [0.1, 0.15) is 0 Å². The molecule has 19 heavy (non-hydrogen) atoms. The zero-order valence-corrected chi connectivity index (χ0v) is 12.0. The fourth-order valence-corrected chi connectivity index (χ4v) is 4.02. The van der Waals surface area contributed by atoms with E-state index in [1.807, 2.05) is 0 Å². The largest absolute Gasteiger partial charge is 0.392 e. The summed E-state index contributed by atoms with van der Waals surface area (Å²) >= 11 is 0. The first-order valence-corrected chi connectivity index (χ1v) is 8.23. The Morgan fingerprint density at radius 1 is 1.32 bits per heavy atom. The molecular formula is C14H21NO3S. The first-order valence-electron chi connectivity index (χ1n) is 6.75. The third kappa shape index (κ3) is 3.55. The maximum atomic E-state index is 12.3. The third-order valence-electron chi connectivity index (χ3n) is 3.81. The van der Waals surface area contributed by atoms with Crippen LogP contribution in [0.1, 0.15) is 38.2 Å². The molecule has 106 valence electrons. The highest BCUT2D eigenvalue weighted by atomic mass is 32.2. The van der Waals surface area contributed by atoms with Crippen LogP contribution in [0, 0.1) is 5.92 Å². The summed E-state index contributed by atoms with van der Waals surface area (Å²) in [7, 11) is -3.49. The minimum atomic E-state index is -3.49. The van der Waals surface area contributed by atoms with Crippen LogP contribution in [0.3, 0.4) is 0 Å². The molecule has 2 unspecified atom stereocenters. The lowest BCUT2D eigenvalue weighted by Gasteiger charge is -2.29. The molecule has 2 rings (SSSR count). The van der Waals surface area contributed by atoms with Crippen molar-refractivity contribution < 1.29 is 13.5 Å². The summed E-state index contributed by atoms with van der Waals surface area (Å²) in [4.78, 5) is 0.233. The molecule has 1 aromatic carbocycles. The Kier molecular flexibility index (Phi) is 4.60. The number of aliphatic hydroxyl groups is 1. The van der Waals surface area contributed by atoms with Crippen molar-refractivity contribution in [3.8, 4) is 0 Å². The van der Waals surface area contributed by atoms with Crippen LogP contribution in [0.15, 0.2) is 29.2 Å². The van der Waals surface area contributed by atoms with Crippen LogP contribution >= 0.6 is 0 Å². The number of sulfonamides is 1. The monoisotopic (exact) mass is 283 g/mol. The zero-order chi connectivity index (χ0) is 13.9. The smallest absolute Gasteiger partial charge is 0.240 e. The molecule has 4 nitrogen and oxygen atoms in total. The number of nitrogens with one attached hydrogen (secondary N) is 1. The SMILES string of the molecule is CC1CCCCC1NS(=O)(=O)c1cccc(CO)c1. The highest BCUT2D eigenvalue weighted by Crippen LogP contribution is 2.25. The van der Waals surface area contributed by atoms with Crippen LogP contribution in [-0.2, 0) is 16.6 Å². The average Bonchev–Trinajstić information content (AvgIpc) is 2.41. The van der Waals surface area contributed by atoms with Gasteiger partial charge in [-0.3, -0.25) is 0 Å². The maximum Gasteiger partial charge on any atom is 0.240 e. The Hall–Kier alpha value is -0.910. The number of aliphatic hydroxyl groups excluding tert-OH is 1. The second kappa shape index (κ2) is 6.03. The third-order valence-corrected chi connectivity index (χ3v) is 5.30. The lowest BCUT2D eigenvalue weighted by molar-refractivity contribution is 0.281. The molecule has 1 aliphatic carbocycles. The van der Waals surface area contributed by atoms with Gasteiger partial charge in [0.2, 0.25) is 10.0 Å². The number of hydrogen-bond donors (Lipinski definition) is 2. The van der Waals surface area contributed by atoms with Crippen molar-refractivity contribution in [2.45, 2.75) is 50.2 Å². The minimum absolute atomic E-state index is 0.0246. The van der Waals surface area contributed by atoms with Crippen LogP contribution in [0.25, 0.3) is 0 Å². The number of benzene rings is 1. The van der Waals surface area contributed by atoms with Crippen LogP contribution in [0.2, 0.25) is 0 Å². The van der Waals surface area contributed by atoms with Gasteiger partial charge in [0.05, 0.1) is 11.5 Å². The molecule has 1 fully saturated rings. The van der Waals surface area contributed by atoms with Crippen LogP contribution < -0.4 is 4.72 Å². The topological polar surface area (TPSA) is 66.4 Å². The number of rotatable bonds is 4. The molecule has 1 aromatic rings. The zero-order valence-electron chi connectivity index (χ0n) is 11.2. The molecule has 0 aliphatic heterocycles. The summed E-state index contributed by atoms with van der Waals surface area (Å²) in [5, 5.41) is 9.08. The quantitative estimate of drug-likeness (QED) is 0.888. The summed E-state index contributed by atoms with van der Waals surface area (Å²) in [5.74, 6) is 0.379. The van der Waals surface area contributed by atoms with Crippen molar-refractivity contribution in [3.05, 3.63) is 29.8 Å². The summed E-state index contributed by atoms with van der Waals surface area (Å²) in [6.45, 7) is 1.94. The van der Waals surface area contributed by atoms with E-state index in [4.69, 9.17) is 5.11 Å². The van der Waals surface area contributed by atoms with E-state index in [1.54, 1.807) is 18.2 Å². The molecule has 2 N–H and O–H groups in total. The Balaban J connectivity index is 2.17. The molecule has 0 saturated heterocycles. The van der Waals surface area contributed by atoms with E-state index in [-0.39, 0.29) is 17.5 Å². The second-order valence-electron chi connectivity index (χ2n) is 5.30. The Morgan fingerprint density at radius 2 is 2.05 bits per heavy atom. The molecule has 2 atom stereocenters. The van der Waals surface area contributed by atoms with Crippen LogP contribution in [0.4, 0.5) is 0 Å². The normalized spacial score (nSPS) is 24.3. The van der Waals surface area contributed by atoms with Gasteiger partial charge in [-0.25, -0.2) is 13.1 Å². The van der Waals surface area contributed by atoms with Gasteiger partial charge in [0.25, 0.3) is 0 Å². The lowest BCUT2D eigenvalue weighted by atomic mass is 9.87. The molecule has 0 radical (unpaired) electrons. The van der Waals surface area contributed by atoms with E-state index in [2.05, 4.69) is 11.6 Å². The highest BCUT2D eigenvalue weighted by Gasteiger charge is 2.26. The van der Waals surface area contributed by atoms with E-state index < -0.39 is 10.0 Å². The van der Waals surface area contributed by atoms with Gasteiger partial charge in [-0.15, -0.1) is 0 Å². The van der Waals surface area contributed by atoms with E-state index in [1.165, 1.54) is 12.5 Å². The van der Waals surface area contributed by atoms with Crippen molar-refractivity contribution in [3.63, 3.8) is 0 Å². The van der Waals surface area contributed by atoms with Gasteiger partial charge in [0.15, 0.2) is 0 Å². The van der Waals surface area contributed by atoms with E-state index in [0.29, 0.717) is 11.5 Å². The highest BCUT2D eigenvalue weighted by molar-refractivity contribution is 7.89. The Labute approximate surface area is 114 Å². The fraction of sp³-hybridized carbons (Fsp3) is 0.571. The summed E-state index contributed by atoms with van der Waals surface area (Å²) in [6.07, 6.45) is 4.23. The lowest BCUT2D eigenvalue weighted by Crippen LogP contribution is -2.40. The summed E-state index contributed by atoms with van der Waals surface area (Å²) in [5.41, 5.74) is 0.611. The van der Waals surface area contributed by atoms with Gasteiger partial charge in [-0.2, -0.15) is 0 Å². The van der Waals surface area contributed by atoms with Crippen LogP contribution in [-0.4, -0.2) is 19.6 Å². The van der Waals surface area contributed by atoms with Crippen molar-refractivity contribution in [1.82, 2.24) is 4.72 Å². The van der Waals surface area contributed by atoms with Crippen molar-refractivity contribution >= 4 is 10.0 Å². The number of hydrogen-bond acceptors (Lipinski definition) is 3. The van der Waals surface area contributed by atoms with Crippen molar-refractivity contribution in [2.24, 2.45) is 5.92 Å². The van der Waals surface area contributed by atoms with Gasteiger partial charge in [0, 0.05) is 6.04 Å². The van der Waals surface area contributed by atoms with Crippen molar-refractivity contribution in [2.75, 3.05) is 0 Å². The molecule has 1 aliphatic rings. The molecule has 1 saturated carbocycles. The standard InChI is InChI=1S/C14H21NO3S/c1-11-5-2-3-8-14(11)15-19(17,18)13-7-4-6-12(9-13)10-16/h4,6-7,9,11,14-16H,2-3,5,8,10H2,1H3. The Morgan fingerprint density at radius 3 is 2.74 bits per heavy atom. The van der Waals surface area contributed by atoms with Gasteiger partial charge in [-0.05, 0) is 36.5 Å². The van der Waals surface area contributed by atoms with Crippen LogP contribution in [0.5, 0.6) is 0 Å². The summed E-state index contributed by atoms with van der Waals surface area (Å²) < 4.78 is 27.4. The molecule has 0 aromatic heterocycles. The Bertz CT molecular complexity index is 527. The van der Waals surface area contributed by atoms with E-state index >= 15 is 0 Å². The predicted molar refractivity (Wildman–Crippen MR) is 74.1 cm³/mol. The van der Waals surface area contributed by atoms with Gasteiger partial charge < -0.3 is 5.11 Å². The molecule has 5 heteroatoms. The first-order chi connectivity index (χ1) is 9.03. The van der Waals surface area contributed by atoms with Gasteiger partial charge in [-0.1, -0.05) is 31.9 Å². The molecule has 0 heterocycles. The molecule has 0 amide bonds. The maximum absolute atomic E-state index is 12.3. The molecule has 0 spiro atoms. The molecule has 0 bridgehead atoms. The van der Waals surface area contributed by atoms with Crippen molar-refractivity contribution in [1.29, 1.82) is 0 Å². The second-order valence-corrected chi connectivity index (χ2v) is 7.01. The van der Waals surface area contributed by atoms with E-state index in [0.717, 1.165) is 19.3 Å². The summed E-state index contributed by atoms with van der Waals surface area (Å²) in [6, 6.07) is 6.48. The van der Waals surface area contributed by atoms with E-state index in [9.17, 15) is 8.42 Å². The fourth-order valence-electron chi connectivity index (χ4n) is 2.57. The predicted octanol–water partition coefficient (Wildman–Crippen LogP) is 2.04. The van der Waals surface area contributed by atoms with Gasteiger partial charge >= 0.3 is 0 Å². The minimum Gasteiger partial charge on any atom is -0.392 e. The average molecular weight is 283 g/mol.